The highest BCUT2D eigenvalue weighted by atomic mass is 15.0. The Morgan fingerprint density at radius 3 is 1.09 bits per heavy atom. The zero-order chi connectivity index (χ0) is 36.7. The summed E-state index contributed by atoms with van der Waals surface area (Å²) in [6.07, 6.45) is 0. The van der Waals surface area contributed by atoms with E-state index in [9.17, 15) is 0 Å². The molecule has 0 aliphatic carbocycles. The second-order valence-electron chi connectivity index (χ2n) is 14.4. The molecule has 4 aromatic heterocycles. The van der Waals surface area contributed by atoms with E-state index in [1.165, 1.54) is 65.4 Å². The van der Waals surface area contributed by atoms with Crippen LogP contribution in [0.5, 0.6) is 0 Å². The number of fused-ring (bicyclic) bond motifs is 11. The Bertz CT molecular complexity index is 3450. The van der Waals surface area contributed by atoms with Crippen molar-refractivity contribution in [2.45, 2.75) is 0 Å². The first-order valence-electron chi connectivity index (χ1n) is 19.0. The topological polar surface area (TPSA) is 47.5 Å². The molecule has 0 atom stereocenters. The van der Waals surface area contributed by atoms with Crippen LogP contribution >= 0.6 is 0 Å². The van der Waals surface area contributed by atoms with Gasteiger partial charge < -0.3 is 8.80 Å². The summed E-state index contributed by atoms with van der Waals surface area (Å²) in [7, 11) is 0. The van der Waals surface area contributed by atoms with Crippen molar-refractivity contribution in [2.75, 3.05) is 0 Å². The second-order valence-corrected chi connectivity index (χ2v) is 14.4. The van der Waals surface area contributed by atoms with Gasteiger partial charge in [-0.2, -0.15) is 0 Å². The molecule has 0 fully saturated rings. The maximum absolute atomic E-state index is 4.97. The number of hydrogen-bond acceptors (Lipinski definition) is 3. The second kappa shape index (κ2) is 11.9. The number of hydrogen-bond donors (Lipinski definition) is 0. The van der Waals surface area contributed by atoms with Gasteiger partial charge in [-0.05, 0) is 41.5 Å². The first kappa shape index (κ1) is 30.8. The van der Waals surface area contributed by atoms with E-state index in [0.29, 0.717) is 17.5 Å². The van der Waals surface area contributed by atoms with Crippen LogP contribution in [-0.2, 0) is 0 Å². The third kappa shape index (κ3) is 4.52. The Kier molecular flexibility index (Phi) is 6.56. The molecule has 12 rings (SSSR count). The highest BCUT2D eigenvalue weighted by Gasteiger charge is 2.20. The first-order chi connectivity index (χ1) is 27.8. The quantitative estimate of drug-likeness (QED) is 0.182. The lowest BCUT2D eigenvalue weighted by molar-refractivity contribution is 1.07. The summed E-state index contributed by atoms with van der Waals surface area (Å²) in [4.78, 5) is 14.8. The first-order valence-corrected chi connectivity index (χ1v) is 19.0. The maximum Gasteiger partial charge on any atom is 0.164 e. The summed E-state index contributed by atoms with van der Waals surface area (Å²) in [6.45, 7) is 0. The van der Waals surface area contributed by atoms with Crippen LogP contribution in [-0.4, -0.2) is 23.8 Å². The van der Waals surface area contributed by atoms with Gasteiger partial charge in [-0.3, -0.25) is 0 Å². The number of aromatic nitrogens is 5. The highest BCUT2D eigenvalue weighted by Crippen LogP contribution is 2.42. The largest absolute Gasteiger partial charge is 0.307 e. The minimum atomic E-state index is 0.642. The molecule has 0 aliphatic rings. The fraction of sp³-hybridized carbons (Fsp3) is 0. The van der Waals surface area contributed by atoms with Gasteiger partial charge in [0.2, 0.25) is 0 Å². The predicted octanol–water partition coefficient (Wildman–Crippen LogP) is 12.8. The lowest BCUT2D eigenvalue weighted by atomic mass is 10.00. The molecule has 0 saturated carbocycles. The van der Waals surface area contributed by atoms with E-state index in [2.05, 4.69) is 136 Å². The molecule has 5 heteroatoms. The maximum atomic E-state index is 4.97. The molecular formula is C51H31N5. The van der Waals surface area contributed by atoms with Gasteiger partial charge in [0.25, 0.3) is 0 Å². The third-order valence-electron chi connectivity index (χ3n) is 11.3. The van der Waals surface area contributed by atoms with Crippen molar-refractivity contribution >= 4 is 65.4 Å². The zero-order valence-electron chi connectivity index (χ0n) is 30.1. The van der Waals surface area contributed by atoms with Gasteiger partial charge in [-0.25, -0.2) is 15.0 Å². The molecule has 0 N–H and O–H groups in total. The monoisotopic (exact) mass is 713 g/mol. The Balaban J connectivity index is 1.10. The number of nitrogens with zero attached hydrogens (tertiary/aromatic N) is 5. The zero-order valence-corrected chi connectivity index (χ0v) is 30.1. The molecule has 0 spiro atoms. The van der Waals surface area contributed by atoms with Crippen molar-refractivity contribution in [3.05, 3.63) is 188 Å². The van der Waals surface area contributed by atoms with Crippen molar-refractivity contribution in [2.24, 2.45) is 0 Å². The highest BCUT2D eigenvalue weighted by molar-refractivity contribution is 6.25. The fourth-order valence-electron chi connectivity index (χ4n) is 8.77. The summed E-state index contributed by atoms with van der Waals surface area (Å²) in [5.41, 5.74) is 12.3. The average molecular weight is 714 g/mol. The van der Waals surface area contributed by atoms with E-state index in [1.54, 1.807) is 0 Å². The predicted molar refractivity (Wildman–Crippen MR) is 231 cm³/mol. The lowest BCUT2D eigenvalue weighted by Gasteiger charge is -2.12. The molecule has 4 heterocycles. The number of benzene rings is 8. The molecule has 0 amide bonds. The Morgan fingerprint density at radius 1 is 0.250 bits per heavy atom. The number of rotatable bonds is 4. The third-order valence-corrected chi connectivity index (χ3v) is 11.3. The molecule has 0 unspecified atom stereocenters. The Labute approximate surface area is 321 Å². The normalized spacial score (nSPS) is 11.9. The SMILES string of the molecule is c1ccc(-c2nc(-c3ccccc3)nc(-c3ccc(-c4ccc5c(c4)c4ccccc4n4c6ccccc6c6ccc7c8ccccc8n5c7c64)cc3)n2)cc1. The van der Waals surface area contributed by atoms with E-state index in [0.717, 1.165) is 27.8 Å². The van der Waals surface area contributed by atoms with Crippen LogP contribution < -0.4 is 0 Å². The van der Waals surface area contributed by atoms with Crippen LogP contribution in [0.4, 0.5) is 0 Å². The molecule has 0 aliphatic heterocycles. The molecule has 56 heavy (non-hydrogen) atoms. The van der Waals surface area contributed by atoms with Crippen molar-refractivity contribution in [3.63, 3.8) is 0 Å². The average Bonchev–Trinajstić information content (AvgIpc) is 3.79. The molecular weight excluding hydrogens is 683 g/mol. The summed E-state index contributed by atoms with van der Waals surface area (Å²) in [6, 6.07) is 66.9. The van der Waals surface area contributed by atoms with Crippen LogP contribution in [0.1, 0.15) is 0 Å². The molecule has 0 radical (unpaired) electrons. The van der Waals surface area contributed by atoms with Gasteiger partial charge in [0.1, 0.15) is 0 Å². The fourth-order valence-corrected chi connectivity index (χ4v) is 8.77. The Hall–Kier alpha value is -7.63. The molecule has 260 valence electrons. The van der Waals surface area contributed by atoms with E-state index in [1.807, 2.05) is 60.7 Å². The summed E-state index contributed by atoms with van der Waals surface area (Å²) < 4.78 is 4.99. The minimum absolute atomic E-state index is 0.642. The van der Waals surface area contributed by atoms with E-state index in [-0.39, 0.29) is 0 Å². The van der Waals surface area contributed by atoms with Gasteiger partial charge in [-0.1, -0.05) is 158 Å². The molecule has 5 nitrogen and oxygen atoms in total. The molecule has 8 aromatic carbocycles. The molecule has 0 saturated heterocycles. The van der Waals surface area contributed by atoms with Crippen LogP contribution in [0.2, 0.25) is 0 Å². The Morgan fingerprint density at radius 2 is 0.607 bits per heavy atom. The van der Waals surface area contributed by atoms with E-state index >= 15 is 0 Å². The molecule has 0 bridgehead atoms. The minimum Gasteiger partial charge on any atom is -0.307 e. The van der Waals surface area contributed by atoms with E-state index < -0.39 is 0 Å². The van der Waals surface area contributed by atoms with Crippen molar-refractivity contribution < 1.29 is 0 Å². The lowest BCUT2D eigenvalue weighted by Crippen LogP contribution is -2.00. The van der Waals surface area contributed by atoms with Crippen molar-refractivity contribution in [1.82, 2.24) is 23.8 Å². The van der Waals surface area contributed by atoms with E-state index in [4.69, 9.17) is 15.0 Å². The van der Waals surface area contributed by atoms with Crippen LogP contribution in [0, 0.1) is 0 Å². The number of para-hydroxylation sites is 3. The molecule has 12 aromatic rings. The summed E-state index contributed by atoms with van der Waals surface area (Å²) in [5, 5.41) is 7.40. The van der Waals surface area contributed by atoms with Gasteiger partial charge in [0.05, 0.1) is 33.1 Å². The van der Waals surface area contributed by atoms with Gasteiger partial charge in [0.15, 0.2) is 17.5 Å². The van der Waals surface area contributed by atoms with Crippen LogP contribution in [0.3, 0.4) is 0 Å². The standard InChI is InChI=1S/C51H31N5/c1-3-13-33(14-4-1)49-52-50(34-15-5-2-6-16-34)54-51(53-49)35-25-23-32(24-26-35)36-27-30-46-42(31-36)39-19-9-12-22-45(39)55-43-20-10-7-17-37(43)40-28-29-41-38-18-8-11-21-44(38)56(46)48(41)47(40)55/h1-31H. The van der Waals surface area contributed by atoms with Crippen LogP contribution in [0.15, 0.2) is 188 Å². The summed E-state index contributed by atoms with van der Waals surface area (Å²) >= 11 is 0. The van der Waals surface area contributed by atoms with Crippen LogP contribution in [0.25, 0.3) is 111 Å². The van der Waals surface area contributed by atoms with Crippen molar-refractivity contribution in [1.29, 1.82) is 0 Å². The smallest absolute Gasteiger partial charge is 0.164 e. The van der Waals surface area contributed by atoms with Gasteiger partial charge in [-0.15, -0.1) is 0 Å². The van der Waals surface area contributed by atoms with Gasteiger partial charge >= 0.3 is 0 Å². The van der Waals surface area contributed by atoms with Gasteiger partial charge in [0, 0.05) is 49.0 Å². The van der Waals surface area contributed by atoms with Crippen molar-refractivity contribution in [3.8, 4) is 45.3 Å². The summed E-state index contributed by atoms with van der Waals surface area (Å²) in [5.74, 6) is 1.95.